The van der Waals surface area contributed by atoms with Crippen molar-refractivity contribution in [2.24, 2.45) is 0 Å². The van der Waals surface area contributed by atoms with E-state index >= 15 is 0 Å². The second-order valence-electron chi connectivity index (χ2n) is 4.98. The second kappa shape index (κ2) is 14.9. The summed E-state index contributed by atoms with van der Waals surface area (Å²) in [5.74, 6) is 0.417. The predicted molar refractivity (Wildman–Crippen MR) is 103 cm³/mol. The average Bonchev–Trinajstić information content (AvgIpc) is 2.71. The highest BCUT2D eigenvalue weighted by molar-refractivity contribution is 5.28. The maximum Gasteiger partial charge on any atom is 0.416 e. The van der Waals surface area contributed by atoms with E-state index in [9.17, 15) is 13.2 Å². The van der Waals surface area contributed by atoms with Gasteiger partial charge in [0.1, 0.15) is 18.0 Å². The third kappa shape index (κ3) is 9.43. The van der Waals surface area contributed by atoms with Gasteiger partial charge in [0.05, 0.1) is 5.56 Å². The van der Waals surface area contributed by atoms with Crippen LogP contribution in [0.4, 0.5) is 13.2 Å². The maximum absolute atomic E-state index is 12.4. The molecule has 1 saturated heterocycles. The first-order chi connectivity index (χ1) is 12.5. The quantitative estimate of drug-likeness (QED) is 0.703. The Morgan fingerprint density at radius 2 is 1.54 bits per heavy atom. The molecule has 1 atom stereocenters. The lowest BCUT2D eigenvalue weighted by Gasteiger charge is -2.36. The molecule has 0 amide bonds. The van der Waals surface area contributed by atoms with Gasteiger partial charge in [-0.15, -0.1) is 0 Å². The topological polar surface area (TPSA) is 30.5 Å². The minimum atomic E-state index is -4.32. The Balaban J connectivity index is 0. The molecule has 0 radical (unpaired) electrons. The molecule has 2 rings (SSSR count). The molecule has 0 aliphatic carbocycles. The molecule has 154 valence electrons. The lowest BCUT2D eigenvalue weighted by molar-refractivity contribution is -0.137. The van der Waals surface area contributed by atoms with Gasteiger partial charge >= 0.3 is 6.18 Å². The Bertz CT molecular complexity index is 428. The number of hydrogen-bond donors (Lipinski definition) is 1. The van der Waals surface area contributed by atoms with Gasteiger partial charge in [0.2, 0.25) is 0 Å². The normalized spacial score (nSPS) is 18.8. The Morgan fingerprint density at radius 1 is 1.00 bits per heavy atom. The lowest BCUT2D eigenvalue weighted by atomic mass is 9.95. The molecule has 1 aromatic rings. The third-order valence-electron chi connectivity index (χ3n) is 3.55. The van der Waals surface area contributed by atoms with Crippen molar-refractivity contribution in [3.05, 3.63) is 29.8 Å². The van der Waals surface area contributed by atoms with Crippen LogP contribution in [0.2, 0.25) is 0 Å². The molecule has 0 aromatic heterocycles. The summed E-state index contributed by atoms with van der Waals surface area (Å²) >= 11 is 0. The molecule has 1 N–H and O–H groups in total. The van der Waals surface area contributed by atoms with Crippen molar-refractivity contribution in [3.8, 4) is 5.75 Å². The smallest absolute Gasteiger partial charge is 0.416 e. The van der Waals surface area contributed by atoms with E-state index in [0.717, 1.165) is 31.5 Å². The summed E-state index contributed by atoms with van der Waals surface area (Å²) in [7, 11) is 1.63. The van der Waals surface area contributed by atoms with Gasteiger partial charge in [-0.05, 0) is 43.7 Å². The van der Waals surface area contributed by atoms with Crippen molar-refractivity contribution in [3.63, 3.8) is 0 Å². The molecular formula is C20H36F3NO2. The summed E-state index contributed by atoms with van der Waals surface area (Å²) in [6.45, 7) is 14.0. The number of hydrogen-bond acceptors (Lipinski definition) is 3. The van der Waals surface area contributed by atoms with E-state index in [2.05, 4.69) is 5.32 Å². The summed E-state index contributed by atoms with van der Waals surface area (Å²) < 4.78 is 48.4. The zero-order chi connectivity index (χ0) is 20.6. The standard InChI is InChI=1S/C14H18F3NO2.3C2H6/c1-19-13(7-2-8-18-9-13)10-20-12-5-3-11(4-6-12)14(15,16)17;3*1-2/h3-6,18H,2,7-10H2,1H3;3*1-2H3. The first-order valence-corrected chi connectivity index (χ1v) is 9.51. The van der Waals surface area contributed by atoms with Crippen molar-refractivity contribution in [1.82, 2.24) is 5.32 Å². The summed E-state index contributed by atoms with van der Waals surface area (Å²) in [4.78, 5) is 0. The molecule has 3 nitrogen and oxygen atoms in total. The average molecular weight is 380 g/mol. The highest BCUT2D eigenvalue weighted by Gasteiger charge is 2.33. The molecule has 0 spiro atoms. The molecule has 1 fully saturated rings. The molecule has 1 aromatic carbocycles. The van der Waals surface area contributed by atoms with Crippen LogP contribution in [0.5, 0.6) is 5.75 Å². The third-order valence-corrected chi connectivity index (χ3v) is 3.55. The van der Waals surface area contributed by atoms with Crippen molar-refractivity contribution < 1.29 is 22.6 Å². The first-order valence-electron chi connectivity index (χ1n) is 9.51. The van der Waals surface area contributed by atoms with Crippen molar-refractivity contribution in [2.45, 2.75) is 66.2 Å². The van der Waals surface area contributed by atoms with Crippen molar-refractivity contribution in [2.75, 3.05) is 26.8 Å². The van der Waals surface area contributed by atoms with Crippen molar-refractivity contribution in [1.29, 1.82) is 0 Å². The van der Waals surface area contributed by atoms with Crippen LogP contribution in [0, 0.1) is 0 Å². The zero-order valence-electron chi connectivity index (χ0n) is 17.3. The van der Waals surface area contributed by atoms with Gasteiger partial charge in [-0.3, -0.25) is 0 Å². The van der Waals surface area contributed by atoms with Crippen LogP contribution in [-0.2, 0) is 10.9 Å². The molecule has 1 aliphatic heterocycles. The minimum Gasteiger partial charge on any atom is -0.491 e. The number of halogens is 3. The van der Waals surface area contributed by atoms with Crippen LogP contribution < -0.4 is 10.1 Å². The summed E-state index contributed by atoms with van der Waals surface area (Å²) in [6, 6.07) is 4.72. The molecule has 26 heavy (non-hydrogen) atoms. The fourth-order valence-electron chi connectivity index (χ4n) is 2.25. The maximum atomic E-state index is 12.4. The molecular weight excluding hydrogens is 343 g/mol. The van der Waals surface area contributed by atoms with E-state index < -0.39 is 17.3 Å². The van der Waals surface area contributed by atoms with Crippen molar-refractivity contribution >= 4 is 0 Å². The van der Waals surface area contributed by atoms with E-state index in [-0.39, 0.29) is 0 Å². The van der Waals surface area contributed by atoms with Crippen LogP contribution in [0.1, 0.15) is 59.9 Å². The second-order valence-corrected chi connectivity index (χ2v) is 4.98. The number of methoxy groups -OCH3 is 1. The Kier molecular flexibility index (Phi) is 15.4. The van der Waals surface area contributed by atoms with Gasteiger partial charge < -0.3 is 14.8 Å². The number of piperidine rings is 1. The van der Waals surface area contributed by atoms with Gasteiger partial charge in [0.15, 0.2) is 0 Å². The van der Waals surface area contributed by atoms with Crippen LogP contribution in [0.25, 0.3) is 0 Å². The number of alkyl halides is 3. The van der Waals surface area contributed by atoms with Gasteiger partial charge in [0.25, 0.3) is 0 Å². The number of benzene rings is 1. The lowest BCUT2D eigenvalue weighted by Crippen LogP contribution is -2.51. The fourth-order valence-corrected chi connectivity index (χ4v) is 2.25. The summed E-state index contributed by atoms with van der Waals surface area (Å²) in [6.07, 6.45) is -2.46. The highest BCUT2D eigenvalue weighted by Crippen LogP contribution is 2.30. The van der Waals surface area contributed by atoms with E-state index in [1.165, 1.54) is 12.1 Å². The Hall–Kier alpha value is -1.27. The van der Waals surface area contributed by atoms with Crippen LogP contribution in [-0.4, -0.2) is 32.4 Å². The Morgan fingerprint density at radius 3 is 1.92 bits per heavy atom. The highest BCUT2D eigenvalue weighted by atomic mass is 19.4. The molecule has 1 aliphatic rings. The summed E-state index contributed by atoms with van der Waals surface area (Å²) in [5, 5.41) is 3.24. The van der Waals surface area contributed by atoms with Crippen LogP contribution >= 0.6 is 0 Å². The molecule has 6 heteroatoms. The van der Waals surface area contributed by atoms with Gasteiger partial charge in [0, 0.05) is 13.7 Å². The zero-order valence-corrected chi connectivity index (χ0v) is 17.3. The van der Waals surface area contributed by atoms with E-state index in [4.69, 9.17) is 9.47 Å². The monoisotopic (exact) mass is 379 g/mol. The molecule has 0 bridgehead atoms. The van der Waals surface area contributed by atoms with Gasteiger partial charge in [-0.25, -0.2) is 0 Å². The van der Waals surface area contributed by atoms with E-state index in [0.29, 0.717) is 18.9 Å². The summed E-state index contributed by atoms with van der Waals surface area (Å²) in [5.41, 5.74) is -1.08. The van der Waals surface area contributed by atoms with E-state index in [1.54, 1.807) is 7.11 Å². The van der Waals surface area contributed by atoms with Gasteiger partial charge in [-0.2, -0.15) is 13.2 Å². The fraction of sp³-hybridized carbons (Fsp3) is 0.700. The Labute approximate surface area is 157 Å². The largest absolute Gasteiger partial charge is 0.491 e. The SMILES string of the molecule is CC.CC.CC.COC1(COc2ccc(C(F)(F)F)cc2)CCCNC1. The number of rotatable bonds is 4. The first kappa shape index (κ1) is 27.0. The predicted octanol–water partition coefficient (Wildman–Crippen LogP) is 5.93. The molecule has 1 heterocycles. The number of ether oxygens (including phenoxy) is 2. The van der Waals surface area contributed by atoms with Crippen LogP contribution in [0.3, 0.4) is 0 Å². The van der Waals surface area contributed by atoms with E-state index in [1.807, 2.05) is 41.5 Å². The number of nitrogens with one attached hydrogen (secondary N) is 1. The van der Waals surface area contributed by atoms with Gasteiger partial charge in [-0.1, -0.05) is 41.5 Å². The molecule has 1 unspecified atom stereocenters. The van der Waals surface area contributed by atoms with Crippen LogP contribution in [0.15, 0.2) is 24.3 Å². The minimum absolute atomic E-state index is 0.321. The molecule has 0 saturated carbocycles.